The normalized spacial score (nSPS) is 8.45. The molecule has 60 valence electrons. The predicted octanol–water partition coefficient (Wildman–Crippen LogP) is 1.86. The summed E-state index contributed by atoms with van der Waals surface area (Å²) in [6, 6.07) is 3.62. The standard InChI is InChI=1S/C9H16Si.Ca.2H/c1-4-7-10(8-5-2)9-6-3;;;/h4-6,10H,1-3,7-9H2;;;. The molecule has 2 heteroatoms. The van der Waals surface area contributed by atoms with Gasteiger partial charge in [0.15, 0.2) is 0 Å². The molecule has 0 rings (SSSR count). The summed E-state index contributed by atoms with van der Waals surface area (Å²) in [5, 5.41) is 0. The van der Waals surface area contributed by atoms with Gasteiger partial charge in [0.1, 0.15) is 0 Å². The second-order valence-corrected chi connectivity index (χ2v) is 5.59. The fraction of sp³-hybridized carbons (Fsp3) is 0.333. The Morgan fingerprint density at radius 1 is 0.818 bits per heavy atom. The molecule has 0 saturated carbocycles. The van der Waals surface area contributed by atoms with Crippen LogP contribution in [-0.2, 0) is 0 Å². The topological polar surface area (TPSA) is 0 Å². The van der Waals surface area contributed by atoms with Gasteiger partial charge in [0.05, 0.1) is 0 Å². The zero-order chi connectivity index (χ0) is 7.82. The van der Waals surface area contributed by atoms with Gasteiger partial charge in [0.2, 0.25) is 0 Å². The van der Waals surface area contributed by atoms with E-state index >= 15 is 0 Å². The van der Waals surface area contributed by atoms with Gasteiger partial charge >= 0.3 is 37.7 Å². The molecule has 0 atom stereocenters. The van der Waals surface area contributed by atoms with Crippen LogP contribution in [0, 0.1) is 0 Å². The first-order valence-corrected chi connectivity index (χ1v) is 6.12. The van der Waals surface area contributed by atoms with Crippen molar-refractivity contribution < 1.29 is 0 Å². The monoisotopic (exact) mass is 194 g/mol. The molecule has 0 amide bonds. The van der Waals surface area contributed by atoms with Gasteiger partial charge in [-0.05, 0) is 18.1 Å². The minimum atomic E-state index is -0.588. The Morgan fingerprint density at radius 2 is 1.09 bits per heavy atom. The number of hydrogen-bond donors (Lipinski definition) is 0. The fourth-order valence-electron chi connectivity index (χ4n) is 0.996. The van der Waals surface area contributed by atoms with Gasteiger partial charge in [-0.1, -0.05) is 18.2 Å². The molecule has 0 aromatic rings. The van der Waals surface area contributed by atoms with Gasteiger partial charge in [-0.2, -0.15) is 0 Å². The molecule has 0 N–H and O–H groups in total. The van der Waals surface area contributed by atoms with Gasteiger partial charge in [0, 0.05) is 8.80 Å². The molecule has 0 aromatic carbocycles. The molecule has 0 unspecified atom stereocenters. The molecule has 0 bridgehead atoms. The van der Waals surface area contributed by atoms with Crippen LogP contribution in [0.3, 0.4) is 0 Å². The SMILES string of the molecule is C=CC[SiH](CC=C)CC=C.[CaH2]. The van der Waals surface area contributed by atoms with Gasteiger partial charge < -0.3 is 0 Å². The van der Waals surface area contributed by atoms with Gasteiger partial charge in [-0.3, -0.25) is 0 Å². The summed E-state index contributed by atoms with van der Waals surface area (Å²) in [7, 11) is -0.588. The summed E-state index contributed by atoms with van der Waals surface area (Å²) in [5.41, 5.74) is 0. The molecule has 0 radical (unpaired) electrons. The molecule has 11 heavy (non-hydrogen) atoms. The Bertz CT molecular complexity index is 97.0. The molecule has 0 aromatic heterocycles. The number of hydrogen-bond acceptors (Lipinski definition) is 0. The van der Waals surface area contributed by atoms with E-state index < -0.39 is 8.80 Å². The van der Waals surface area contributed by atoms with Crippen molar-refractivity contribution in [3.05, 3.63) is 38.0 Å². The molecular weight excluding hydrogens is 176 g/mol. The summed E-state index contributed by atoms with van der Waals surface area (Å²) in [6.07, 6.45) is 6.05. The van der Waals surface area contributed by atoms with E-state index in [-0.39, 0.29) is 37.7 Å². The van der Waals surface area contributed by atoms with E-state index in [1.807, 2.05) is 18.2 Å². The third-order valence-corrected chi connectivity index (χ3v) is 4.50. The Balaban J connectivity index is 0. The van der Waals surface area contributed by atoms with Gasteiger partial charge in [-0.15, -0.1) is 19.7 Å². The average Bonchev–Trinajstić information content (AvgIpc) is 1.90. The van der Waals surface area contributed by atoms with E-state index in [4.69, 9.17) is 0 Å². The first kappa shape index (κ1) is 14.2. The molecule has 0 nitrogen and oxygen atoms in total. The molecular formula is C9H18CaSi. The Labute approximate surface area is 102 Å². The maximum absolute atomic E-state index is 3.73. The second-order valence-electron chi connectivity index (χ2n) is 2.44. The zero-order valence-electron chi connectivity index (χ0n) is 6.55. The minimum absolute atomic E-state index is 0. The van der Waals surface area contributed by atoms with Crippen molar-refractivity contribution in [3.8, 4) is 0 Å². The first-order chi connectivity index (χ1) is 4.85. The summed E-state index contributed by atoms with van der Waals surface area (Å²) >= 11 is 0. The van der Waals surface area contributed by atoms with E-state index in [2.05, 4.69) is 19.7 Å². The summed E-state index contributed by atoms with van der Waals surface area (Å²) in [4.78, 5) is 0. The molecule has 0 saturated heterocycles. The van der Waals surface area contributed by atoms with Crippen LogP contribution in [0.15, 0.2) is 38.0 Å². The summed E-state index contributed by atoms with van der Waals surface area (Å²) in [6.45, 7) is 11.2. The van der Waals surface area contributed by atoms with Crippen molar-refractivity contribution >= 4 is 46.5 Å². The number of allylic oxidation sites excluding steroid dienone is 3. The van der Waals surface area contributed by atoms with E-state index in [0.29, 0.717) is 0 Å². The van der Waals surface area contributed by atoms with Crippen LogP contribution in [0.5, 0.6) is 0 Å². The molecule has 0 aliphatic carbocycles. The van der Waals surface area contributed by atoms with Crippen molar-refractivity contribution in [1.29, 1.82) is 0 Å². The summed E-state index contributed by atoms with van der Waals surface area (Å²) in [5.74, 6) is 0. The third-order valence-electron chi connectivity index (χ3n) is 1.50. The molecule has 0 aliphatic rings. The van der Waals surface area contributed by atoms with E-state index in [9.17, 15) is 0 Å². The fourth-order valence-corrected chi connectivity index (χ4v) is 2.99. The Hall–Kier alpha value is 0.697. The first-order valence-electron chi connectivity index (χ1n) is 3.67. The number of rotatable bonds is 6. The summed E-state index contributed by atoms with van der Waals surface area (Å²) < 4.78 is 0. The van der Waals surface area contributed by atoms with Crippen LogP contribution in [0.25, 0.3) is 0 Å². The van der Waals surface area contributed by atoms with Crippen LogP contribution in [0.2, 0.25) is 18.1 Å². The Morgan fingerprint density at radius 3 is 1.27 bits per heavy atom. The maximum atomic E-state index is 3.73. The van der Waals surface area contributed by atoms with Crippen LogP contribution >= 0.6 is 0 Å². The van der Waals surface area contributed by atoms with Crippen LogP contribution < -0.4 is 0 Å². The zero-order valence-corrected chi connectivity index (χ0v) is 7.71. The van der Waals surface area contributed by atoms with E-state index in [1.54, 1.807) is 0 Å². The predicted molar refractivity (Wildman–Crippen MR) is 60.7 cm³/mol. The molecule has 0 spiro atoms. The van der Waals surface area contributed by atoms with Crippen molar-refractivity contribution in [2.45, 2.75) is 18.1 Å². The van der Waals surface area contributed by atoms with Crippen LogP contribution in [-0.4, -0.2) is 46.5 Å². The van der Waals surface area contributed by atoms with Crippen molar-refractivity contribution in [2.75, 3.05) is 0 Å². The van der Waals surface area contributed by atoms with Crippen molar-refractivity contribution in [1.82, 2.24) is 0 Å². The van der Waals surface area contributed by atoms with E-state index in [1.165, 1.54) is 18.1 Å². The van der Waals surface area contributed by atoms with E-state index in [0.717, 1.165) is 0 Å². The van der Waals surface area contributed by atoms with Crippen LogP contribution in [0.4, 0.5) is 0 Å². The van der Waals surface area contributed by atoms with Crippen molar-refractivity contribution in [3.63, 3.8) is 0 Å². The molecule has 0 fully saturated rings. The Kier molecular flexibility index (Phi) is 13.8. The van der Waals surface area contributed by atoms with Gasteiger partial charge in [-0.25, -0.2) is 0 Å². The van der Waals surface area contributed by atoms with Crippen molar-refractivity contribution in [2.24, 2.45) is 0 Å². The van der Waals surface area contributed by atoms with Crippen LogP contribution in [0.1, 0.15) is 0 Å². The molecule has 0 heterocycles. The molecule has 0 aliphatic heterocycles. The third kappa shape index (κ3) is 8.60. The average molecular weight is 194 g/mol. The second kappa shape index (κ2) is 10.7. The quantitative estimate of drug-likeness (QED) is 0.447. The van der Waals surface area contributed by atoms with Gasteiger partial charge in [0.25, 0.3) is 0 Å².